The molecule has 0 radical (unpaired) electrons. The first-order valence-corrected chi connectivity index (χ1v) is 9.10. The van der Waals surface area contributed by atoms with E-state index in [-0.39, 0.29) is 0 Å². The van der Waals surface area contributed by atoms with Gasteiger partial charge in [-0.1, -0.05) is 35.9 Å². The highest BCUT2D eigenvalue weighted by atomic mass is 32.1. The number of benzene rings is 2. The number of para-hydroxylation sites is 1. The number of thiazole rings is 1. The maximum absolute atomic E-state index is 6.05. The van der Waals surface area contributed by atoms with Crippen molar-refractivity contribution in [2.45, 2.75) is 20.5 Å². The first-order valence-electron chi connectivity index (χ1n) is 8.22. The zero-order valence-corrected chi connectivity index (χ0v) is 15.8. The molecule has 0 aliphatic heterocycles. The van der Waals surface area contributed by atoms with Crippen molar-refractivity contribution >= 4 is 22.7 Å². The van der Waals surface area contributed by atoms with Crippen LogP contribution in [0, 0.1) is 13.8 Å². The molecule has 5 nitrogen and oxygen atoms in total. The van der Waals surface area contributed by atoms with Gasteiger partial charge in [-0.25, -0.2) is 4.98 Å². The molecule has 0 amide bonds. The van der Waals surface area contributed by atoms with E-state index in [1.165, 1.54) is 16.9 Å². The molecule has 26 heavy (non-hydrogen) atoms. The number of nitrogens with one attached hydrogen (secondary N) is 1. The second kappa shape index (κ2) is 8.49. The third kappa shape index (κ3) is 4.61. The zero-order chi connectivity index (χ0) is 18.4. The fourth-order valence-electron chi connectivity index (χ4n) is 2.47. The van der Waals surface area contributed by atoms with E-state index in [1.807, 2.05) is 42.6 Å². The summed E-state index contributed by atoms with van der Waals surface area (Å²) in [6.45, 7) is 4.48. The Morgan fingerprint density at radius 1 is 1.19 bits per heavy atom. The van der Waals surface area contributed by atoms with Gasteiger partial charge in [-0.2, -0.15) is 5.10 Å². The fraction of sp³-hybridized carbons (Fsp3) is 0.200. The van der Waals surface area contributed by atoms with E-state index in [2.05, 4.69) is 34.6 Å². The standard InChI is InChI=1S/C20H21N3O2S/c1-14-6-4-7-16(10-14)12-25-19-17(8-5-9-18(19)24-3)11-21-23-20-22-15(2)13-26-20/h4-11,13H,12H2,1-3H3,(H,22,23). The van der Waals surface area contributed by atoms with Crippen LogP contribution in [0.15, 0.2) is 52.9 Å². The van der Waals surface area contributed by atoms with Gasteiger partial charge in [-0.3, -0.25) is 5.43 Å². The first-order chi connectivity index (χ1) is 12.7. The van der Waals surface area contributed by atoms with Crippen molar-refractivity contribution in [3.63, 3.8) is 0 Å². The van der Waals surface area contributed by atoms with Crippen molar-refractivity contribution in [3.8, 4) is 11.5 Å². The van der Waals surface area contributed by atoms with Crippen LogP contribution in [0.4, 0.5) is 5.13 Å². The van der Waals surface area contributed by atoms with Crippen LogP contribution in [-0.4, -0.2) is 18.3 Å². The zero-order valence-electron chi connectivity index (χ0n) is 15.0. The lowest BCUT2D eigenvalue weighted by Crippen LogP contribution is -2.01. The Morgan fingerprint density at radius 2 is 2.04 bits per heavy atom. The van der Waals surface area contributed by atoms with E-state index in [4.69, 9.17) is 9.47 Å². The van der Waals surface area contributed by atoms with Crippen LogP contribution in [-0.2, 0) is 6.61 Å². The van der Waals surface area contributed by atoms with Crippen molar-refractivity contribution in [2.24, 2.45) is 5.10 Å². The van der Waals surface area contributed by atoms with E-state index >= 15 is 0 Å². The minimum absolute atomic E-state index is 0.460. The van der Waals surface area contributed by atoms with Gasteiger partial charge in [-0.15, -0.1) is 11.3 Å². The third-order valence-corrected chi connectivity index (χ3v) is 4.54. The van der Waals surface area contributed by atoms with Crippen LogP contribution in [0.3, 0.4) is 0 Å². The van der Waals surface area contributed by atoms with Gasteiger partial charge >= 0.3 is 0 Å². The van der Waals surface area contributed by atoms with Crippen LogP contribution >= 0.6 is 11.3 Å². The van der Waals surface area contributed by atoms with E-state index in [0.717, 1.165) is 22.0 Å². The normalized spacial score (nSPS) is 10.9. The highest BCUT2D eigenvalue weighted by Gasteiger charge is 2.10. The third-order valence-electron chi connectivity index (χ3n) is 3.68. The largest absolute Gasteiger partial charge is 0.493 e. The summed E-state index contributed by atoms with van der Waals surface area (Å²) >= 11 is 1.51. The average molecular weight is 367 g/mol. The summed E-state index contributed by atoms with van der Waals surface area (Å²) in [5, 5.41) is 6.99. The second-order valence-electron chi connectivity index (χ2n) is 5.82. The number of nitrogens with zero attached hydrogens (tertiary/aromatic N) is 2. The second-order valence-corrected chi connectivity index (χ2v) is 6.68. The van der Waals surface area contributed by atoms with Gasteiger partial charge in [-0.05, 0) is 31.5 Å². The maximum Gasteiger partial charge on any atom is 0.203 e. The Bertz CT molecular complexity index is 906. The number of hydrazone groups is 1. The minimum atomic E-state index is 0.460. The summed E-state index contributed by atoms with van der Waals surface area (Å²) in [7, 11) is 1.63. The quantitative estimate of drug-likeness (QED) is 0.482. The Balaban J connectivity index is 1.76. The number of ether oxygens (including phenoxy) is 2. The Hall–Kier alpha value is -2.86. The van der Waals surface area contributed by atoms with Crippen LogP contribution in [0.25, 0.3) is 0 Å². The molecule has 0 saturated heterocycles. The maximum atomic E-state index is 6.05. The molecule has 0 unspecified atom stereocenters. The molecule has 0 spiro atoms. The first kappa shape index (κ1) is 17.9. The van der Waals surface area contributed by atoms with Crippen molar-refractivity contribution in [1.82, 2.24) is 4.98 Å². The van der Waals surface area contributed by atoms with E-state index < -0.39 is 0 Å². The molecule has 2 aromatic carbocycles. The summed E-state index contributed by atoms with van der Waals surface area (Å²) in [4.78, 5) is 4.32. The number of rotatable bonds is 7. The van der Waals surface area contributed by atoms with Gasteiger partial charge in [0.2, 0.25) is 5.13 Å². The molecule has 0 aliphatic carbocycles. The van der Waals surface area contributed by atoms with Crippen molar-refractivity contribution in [3.05, 3.63) is 70.2 Å². The Labute approximate surface area is 157 Å². The van der Waals surface area contributed by atoms with Crippen molar-refractivity contribution in [2.75, 3.05) is 12.5 Å². The highest BCUT2D eigenvalue weighted by Crippen LogP contribution is 2.31. The lowest BCUT2D eigenvalue weighted by molar-refractivity contribution is 0.284. The molecule has 0 atom stereocenters. The molecule has 0 fully saturated rings. The van der Waals surface area contributed by atoms with Gasteiger partial charge in [0.15, 0.2) is 11.5 Å². The molecule has 6 heteroatoms. The lowest BCUT2D eigenvalue weighted by Gasteiger charge is -2.13. The summed E-state index contributed by atoms with van der Waals surface area (Å²) in [6, 6.07) is 14.0. The van der Waals surface area contributed by atoms with Crippen LogP contribution in [0.2, 0.25) is 0 Å². The predicted octanol–water partition coefficient (Wildman–Crippen LogP) is 4.79. The van der Waals surface area contributed by atoms with E-state index in [1.54, 1.807) is 13.3 Å². The molecule has 0 saturated carbocycles. The number of aromatic nitrogens is 1. The number of hydrogen-bond acceptors (Lipinski definition) is 6. The van der Waals surface area contributed by atoms with Gasteiger partial charge in [0.05, 0.1) is 19.0 Å². The number of hydrogen-bond donors (Lipinski definition) is 1. The van der Waals surface area contributed by atoms with Gasteiger partial charge in [0.1, 0.15) is 6.61 Å². The van der Waals surface area contributed by atoms with Crippen LogP contribution < -0.4 is 14.9 Å². The summed E-state index contributed by atoms with van der Waals surface area (Å²) in [5.74, 6) is 1.34. The van der Waals surface area contributed by atoms with Crippen molar-refractivity contribution < 1.29 is 9.47 Å². The minimum Gasteiger partial charge on any atom is -0.493 e. The van der Waals surface area contributed by atoms with Crippen LogP contribution in [0.5, 0.6) is 11.5 Å². The molecule has 134 valence electrons. The molecule has 1 N–H and O–H groups in total. The number of anilines is 1. The lowest BCUT2D eigenvalue weighted by atomic mass is 10.1. The molecule has 3 aromatic rings. The molecule has 1 aromatic heterocycles. The topological polar surface area (TPSA) is 55.7 Å². The monoisotopic (exact) mass is 367 g/mol. The number of methoxy groups -OCH3 is 1. The summed E-state index contributed by atoms with van der Waals surface area (Å²) < 4.78 is 11.5. The number of aryl methyl sites for hydroxylation is 2. The average Bonchev–Trinajstić information content (AvgIpc) is 3.05. The van der Waals surface area contributed by atoms with Gasteiger partial charge < -0.3 is 9.47 Å². The van der Waals surface area contributed by atoms with Crippen LogP contribution in [0.1, 0.15) is 22.4 Å². The Kier molecular flexibility index (Phi) is 5.86. The highest BCUT2D eigenvalue weighted by molar-refractivity contribution is 7.13. The van der Waals surface area contributed by atoms with Gasteiger partial charge in [0.25, 0.3) is 0 Å². The SMILES string of the molecule is COc1cccc(C=NNc2nc(C)cs2)c1OCc1cccc(C)c1. The summed E-state index contributed by atoms with van der Waals surface area (Å²) in [5.41, 5.74) is 7.05. The molecular weight excluding hydrogens is 346 g/mol. The predicted molar refractivity (Wildman–Crippen MR) is 107 cm³/mol. The molecule has 1 heterocycles. The summed E-state index contributed by atoms with van der Waals surface area (Å²) in [6.07, 6.45) is 1.71. The Morgan fingerprint density at radius 3 is 2.77 bits per heavy atom. The van der Waals surface area contributed by atoms with E-state index in [0.29, 0.717) is 18.1 Å². The smallest absolute Gasteiger partial charge is 0.203 e. The fourth-order valence-corrected chi connectivity index (χ4v) is 3.11. The molecular formula is C20H21N3O2S. The molecule has 0 bridgehead atoms. The van der Waals surface area contributed by atoms with Gasteiger partial charge in [0, 0.05) is 10.9 Å². The molecule has 3 rings (SSSR count). The molecule has 0 aliphatic rings. The van der Waals surface area contributed by atoms with E-state index in [9.17, 15) is 0 Å². The van der Waals surface area contributed by atoms with Crippen molar-refractivity contribution in [1.29, 1.82) is 0 Å².